The van der Waals surface area contributed by atoms with Crippen LogP contribution in [0.25, 0.3) is 10.9 Å². The summed E-state index contributed by atoms with van der Waals surface area (Å²) in [5.74, 6) is 0.822. The highest BCUT2D eigenvalue weighted by Crippen LogP contribution is 2.32. The molecular formula is C30H33ClN4O3. The Labute approximate surface area is 227 Å². The number of aliphatic hydroxyl groups is 2. The topological polar surface area (TPSA) is 111 Å². The summed E-state index contributed by atoms with van der Waals surface area (Å²) in [6.07, 6.45) is 9.37. The van der Waals surface area contributed by atoms with Gasteiger partial charge in [0.1, 0.15) is 18.7 Å². The van der Waals surface area contributed by atoms with Crippen LogP contribution in [0.3, 0.4) is 0 Å². The Hall–Kier alpha value is -3.78. The van der Waals surface area contributed by atoms with Crippen molar-refractivity contribution < 1.29 is 15.0 Å². The molecule has 38 heavy (non-hydrogen) atoms. The Morgan fingerprint density at radius 1 is 1.13 bits per heavy atom. The Kier molecular flexibility index (Phi) is 10.8. The molecular weight excluding hydrogens is 500 g/mol. The number of halogens is 1. The lowest BCUT2D eigenvalue weighted by Crippen LogP contribution is -2.19. The molecule has 4 aromatic rings. The van der Waals surface area contributed by atoms with Crippen LogP contribution < -0.4 is 5.32 Å². The van der Waals surface area contributed by atoms with Gasteiger partial charge in [-0.3, -0.25) is 0 Å². The summed E-state index contributed by atoms with van der Waals surface area (Å²) >= 11 is 6.25. The summed E-state index contributed by atoms with van der Waals surface area (Å²) in [5.41, 5.74) is 5.85. The molecule has 2 aromatic heterocycles. The minimum Gasteiger partial charge on any atom is -0.389 e. The molecule has 5 rings (SSSR count). The van der Waals surface area contributed by atoms with Gasteiger partial charge in [0.05, 0.1) is 11.8 Å². The van der Waals surface area contributed by atoms with Crippen molar-refractivity contribution in [2.24, 2.45) is 0 Å². The molecule has 2 unspecified atom stereocenters. The average Bonchev–Trinajstić information content (AvgIpc) is 3.29. The van der Waals surface area contributed by atoms with Crippen LogP contribution in [0.1, 0.15) is 40.7 Å². The van der Waals surface area contributed by atoms with Gasteiger partial charge in [0, 0.05) is 40.6 Å². The number of hydrogen-bond acceptors (Lipinski definition) is 6. The SMILES string of the molecule is C=O.Cc1ccc(C(O)c2[nH]c3ccc(Cl)cc3c2CCNC2=CCC(O)C=C2)cc1.Cc1ncccn1. The lowest BCUT2D eigenvalue weighted by Gasteiger charge is -2.15. The van der Waals surface area contributed by atoms with Crippen LogP contribution in [0.4, 0.5) is 0 Å². The van der Waals surface area contributed by atoms with Crippen molar-refractivity contribution in [3.8, 4) is 0 Å². The molecule has 2 atom stereocenters. The van der Waals surface area contributed by atoms with Crippen molar-refractivity contribution in [2.45, 2.75) is 38.9 Å². The van der Waals surface area contributed by atoms with E-state index < -0.39 is 12.2 Å². The molecule has 0 radical (unpaired) electrons. The van der Waals surface area contributed by atoms with Crippen molar-refractivity contribution in [1.82, 2.24) is 20.3 Å². The number of carbonyl (C=O) groups excluding carboxylic acids is 1. The zero-order valence-corrected chi connectivity index (χ0v) is 22.3. The van der Waals surface area contributed by atoms with Gasteiger partial charge >= 0.3 is 0 Å². The van der Waals surface area contributed by atoms with Crippen molar-refractivity contribution in [3.05, 3.63) is 118 Å². The van der Waals surface area contributed by atoms with Crippen LogP contribution in [0.5, 0.6) is 0 Å². The van der Waals surface area contributed by atoms with Crippen molar-refractivity contribution >= 4 is 29.3 Å². The monoisotopic (exact) mass is 532 g/mol. The number of aliphatic hydroxyl groups excluding tert-OH is 2. The second kappa shape index (κ2) is 14.2. The molecule has 1 aliphatic carbocycles. The third-order valence-corrected chi connectivity index (χ3v) is 6.28. The van der Waals surface area contributed by atoms with E-state index in [0.717, 1.165) is 51.2 Å². The fourth-order valence-electron chi connectivity index (χ4n) is 4.10. The van der Waals surface area contributed by atoms with E-state index in [1.165, 1.54) is 0 Å². The highest BCUT2D eigenvalue weighted by molar-refractivity contribution is 6.31. The van der Waals surface area contributed by atoms with E-state index in [0.29, 0.717) is 18.0 Å². The lowest BCUT2D eigenvalue weighted by molar-refractivity contribution is -0.0980. The maximum atomic E-state index is 11.1. The summed E-state index contributed by atoms with van der Waals surface area (Å²) in [5, 5.41) is 25.8. The number of benzene rings is 2. The van der Waals surface area contributed by atoms with Gasteiger partial charge in [0.2, 0.25) is 0 Å². The molecule has 0 aliphatic heterocycles. The molecule has 0 saturated carbocycles. The maximum absolute atomic E-state index is 11.1. The van der Waals surface area contributed by atoms with Gasteiger partial charge in [-0.2, -0.15) is 0 Å². The van der Waals surface area contributed by atoms with Crippen LogP contribution in [-0.2, 0) is 11.2 Å². The first-order chi connectivity index (χ1) is 18.4. The quantitative estimate of drug-likeness (QED) is 0.273. The Bertz CT molecular complexity index is 1370. The zero-order valence-electron chi connectivity index (χ0n) is 21.6. The Morgan fingerprint density at radius 2 is 1.84 bits per heavy atom. The van der Waals surface area contributed by atoms with E-state index in [1.54, 1.807) is 24.5 Å². The molecule has 0 amide bonds. The molecule has 2 aromatic carbocycles. The van der Waals surface area contributed by atoms with Crippen molar-refractivity contribution in [3.63, 3.8) is 0 Å². The van der Waals surface area contributed by atoms with Crippen molar-refractivity contribution in [2.75, 3.05) is 6.54 Å². The van der Waals surface area contributed by atoms with E-state index in [4.69, 9.17) is 16.4 Å². The molecule has 1 aliphatic rings. The molecule has 2 heterocycles. The fourth-order valence-corrected chi connectivity index (χ4v) is 4.28. The predicted molar refractivity (Wildman–Crippen MR) is 152 cm³/mol. The molecule has 8 heteroatoms. The van der Waals surface area contributed by atoms with Crippen LogP contribution in [-0.4, -0.2) is 44.6 Å². The first-order valence-electron chi connectivity index (χ1n) is 12.3. The summed E-state index contributed by atoms with van der Waals surface area (Å²) in [7, 11) is 0. The Balaban J connectivity index is 0.000000381. The normalized spacial score (nSPS) is 15.0. The number of carbonyl (C=O) groups is 1. The maximum Gasteiger partial charge on any atom is 0.125 e. The molecule has 0 fully saturated rings. The van der Waals surface area contributed by atoms with E-state index in [2.05, 4.69) is 20.3 Å². The van der Waals surface area contributed by atoms with Gasteiger partial charge in [0.15, 0.2) is 0 Å². The molecule has 7 nitrogen and oxygen atoms in total. The number of hydrogen-bond donors (Lipinski definition) is 4. The standard InChI is InChI=1S/C24H25ClN2O2.C5H6N2.CH2O/c1-15-2-4-16(5-3-15)24(29)23-20(21-14-17(25)6-11-22(21)27-23)12-13-26-18-7-9-19(28)10-8-18;1-5-6-3-2-4-7-5;1-2/h2-9,11,14,19,24,26-29H,10,12-13H2,1H3;2-4H,1H3;1H2. The number of H-pyrrole nitrogens is 1. The van der Waals surface area contributed by atoms with Gasteiger partial charge in [-0.15, -0.1) is 0 Å². The molecule has 0 bridgehead atoms. The van der Waals surface area contributed by atoms with Crippen LogP contribution in [0, 0.1) is 13.8 Å². The first-order valence-corrected chi connectivity index (χ1v) is 12.7. The number of aryl methyl sites for hydroxylation is 2. The molecule has 198 valence electrons. The van der Waals surface area contributed by atoms with Gasteiger partial charge in [-0.1, -0.05) is 53.6 Å². The van der Waals surface area contributed by atoms with E-state index in [9.17, 15) is 10.2 Å². The van der Waals surface area contributed by atoms with Gasteiger partial charge in [-0.25, -0.2) is 9.97 Å². The second-order valence-electron chi connectivity index (χ2n) is 8.81. The van der Waals surface area contributed by atoms with Gasteiger partial charge in [-0.05, 0) is 68.2 Å². The fraction of sp³-hybridized carbons (Fsp3) is 0.233. The third-order valence-electron chi connectivity index (χ3n) is 6.04. The molecule has 0 saturated heterocycles. The minimum absolute atomic E-state index is 0.396. The van der Waals surface area contributed by atoms with E-state index >= 15 is 0 Å². The highest BCUT2D eigenvalue weighted by atomic mass is 35.5. The first kappa shape index (κ1) is 28.8. The predicted octanol–water partition coefficient (Wildman–Crippen LogP) is 5.15. The third kappa shape index (κ3) is 7.86. The zero-order chi connectivity index (χ0) is 27.5. The van der Waals surface area contributed by atoms with Crippen LogP contribution in [0.2, 0.25) is 5.02 Å². The number of aromatic amines is 1. The summed E-state index contributed by atoms with van der Waals surface area (Å²) in [6, 6.07) is 15.5. The van der Waals surface area contributed by atoms with Gasteiger partial charge in [0.25, 0.3) is 0 Å². The number of allylic oxidation sites excluding steroid dienone is 1. The highest BCUT2D eigenvalue weighted by Gasteiger charge is 2.20. The number of aromatic nitrogens is 3. The largest absolute Gasteiger partial charge is 0.389 e. The second-order valence-corrected chi connectivity index (χ2v) is 9.25. The molecule has 0 spiro atoms. The Morgan fingerprint density at radius 3 is 2.45 bits per heavy atom. The van der Waals surface area contributed by atoms with Crippen LogP contribution >= 0.6 is 11.6 Å². The summed E-state index contributed by atoms with van der Waals surface area (Å²) < 4.78 is 0. The summed E-state index contributed by atoms with van der Waals surface area (Å²) in [6.45, 7) is 6.60. The number of nitrogens with one attached hydrogen (secondary N) is 2. The number of nitrogens with zero attached hydrogens (tertiary/aromatic N) is 2. The lowest BCUT2D eigenvalue weighted by atomic mass is 9.99. The number of fused-ring (bicyclic) bond motifs is 1. The van der Waals surface area contributed by atoms with Crippen LogP contribution in [0.15, 0.2) is 84.8 Å². The summed E-state index contributed by atoms with van der Waals surface area (Å²) in [4.78, 5) is 19.1. The average molecular weight is 533 g/mol. The molecule has 4 N–H and O–H groups in total. The van der Waals surface area contributed by atoms with Gasteiger partial charge < -0.3 is 25.3 Å². The smallest absolute Gasteiger partial charge is 0.125 e. The van der Waals surface area contributed by atoms with E-state index in [-0.39, 0.29) is 0 Å². The van der Waals surface area contributed by atoms with E-state index in [1.807, 2.05) is 75.3 Å². The van der Waals surface area contributed by atoms with Crippen molar-refractivity contribution in [1.29, 1.82) is 0 Å². The number of rotatable bonds is 6. The minimum atomic E-state index is -0.735.